The fraction of sp³-hybridized carbons (Fsp3) is 0.860. The predicted octanol–water partition coefficient (Wildman–Crippen LogP) is 1.61. The van der Waals surface area contributed by atoms with Gasteiger partial charge in [-0.2, -0.15) is 0 Å². The lowest BCUT2D eigenvalue weighted by molar-refractivity contribution is -0.126. The quantitative estimate of drug-likeness (QED) is 0.0623. The molecular weight excluding hydrogens is 875 g/mol. The fourth-order valence-electron chi connectivity index (χ4n) is 5.16. The van der Waals surface area contributed by atoms with Crippen molar-refractivity contribution in [3.63, 3.8) is 0 Å². The highest BCUT2D eigenvalue weighted by Gasteiger charge is 2.31. The van der Waals surface area contributed by atoms with Crippen LogP contribution in [0.3, 0.4) is 0 Å². The van der Waals surface area contributed by atoms with E-state index in [2.05, 4.69) is 48.3 Å². The van der Waals surface area contributed by atoms with Crippen LogP contribution in [-0.2, 0) is 84.3 Å². The zero-order chi connectivity index (χ0) is 46.9. The molecule has 1 aromatic heterocycles. The molecule has 21 nitrogen and oxygen atoms in total. The number of rotatable bonds is 46. The van der Waals surface area contributed by atoms with Crippen LogP contribution < -0.4 is 10.6 Å². The molecule has 2 rings (SSSR count). The fourth-order valence-corrected chi connectivity index (χ4v) is 6.35. The molecule has 1 aliphatic heterocycles. The Morgan fingerprint density at radius 3 is 1.35 bits per heavy atom. The smallest absolute Gasteiger partial charge is 0.234 e. The van der Waals surface area contributed by atoms with Crippen molar-refractivity contribution in [3.8, 4) is 0 Å². The largest absolute Gasteiger partial charge is 0.511 e. The van der Waals surface area contributed by atoms with E-state index in [0.29, 0.717) is 189 Å². The van der Waals surface area contributed by atoms with E-state index in [-0.39, 0.29) is 30.5 Å². The maximum absolute atomic E-state index is 12.3. The van der Waals surface area contributed by atoms with Crippen molar-refractivity contribution in [1.82, 2.24) is 25.6 Å². The highest BCUT2D eigenvalue weighted by atomic mass is 32.2. The molecule has 2 amide bonds. The molecule has 22 heteroatoms. The molecule has 378 valence electrons. The molecule has 2 heterocycles. The van der Waals surface area contributed by atoms with Crippen LogP contribution in [0.2, 0.25) is 0 Å². The van der Waals surface area contributed by atoms with E-state index >= 15 is 0 Å². The zero-order valence-electron chi connectivity index (χ0n) is 39.2. The van der Waals surface area contributed by atoms with Gasteiger partial charge in [0.15, 0.2) is 0 Å². The number of carbonyl (C=O) groups excluding carboxylic acids is 2. The topological polar surface area (TPSA) is 229 Å². The van der Waals surface area contributed by atoms with Crippen LogP contribution in [0.25, 0.3) is 0 Å². The predicted molar refractivity (Wildman–Crippen MR) is 241 cm³/mol. The minimum Gasteiger partial charge on any atom is -0.511 e. The Kier molecular flexibility index (Phi) is 36.5. The third-order valence-corrected chi connectivity index (χ3v) is 10.1. The molecule has 0 spiro atoms. The van der Waals surface area contributed by atoms with E-state index in [0.717, 1.165) is 13.0 Å². The first-order valence-electron chi connectivity index (χ1n) is 22.6. The van der Waals surface area contributed by atoms with Crippen LogP contribution in [0, 0.1) is 5.41 Å². The Bertz CT molecular complexity index is 1310. The maximum Gasteiger partial charge on any atom is 0.234 e. The van der Waals surface area contributed by atoms with Crippen LogP contribution in [-0.4, -0.2) is 221 Å². The Morgan fingerprint density at radius 1 is 0.662 bits per heavy atom. The van der Waals surface area contributed by atoms with Crippen molar-refractivity contribution in [2.75, 3.05) is 178 Å². The molecule has 0 aromatic carbocycles. The van der Waals surface area contributed by atoms with Gasteiger partial charge in [0, 0.05) is 18.8 Å². The molecule has 1 fully saturated rings. The van der Waals surface area contributed by atoms with E-state index in [4.69, 9.17) is 61.6 Å². The Morgan fingerprint density at radius 2 is 1.02 bits per heavy atom. The Balaban J connectivity index is 1.19. The summed E-state index contributed by atoms with van der Waals surface area (Å²) in [5.41, 5.74) is 0.885. The average molecular weight is 954 g/mol. The molecule has 1 aliphatic rings. The number of ether oxygens (including phenoxy) is 13. The summed E-state index contributed by atoms with van der Waals surface area (Å²) in [6, 6.07) is -0.491. The summed E-state index contributed by atoms with van der Waals surface area (Å²) in [7, 11) is 0. The lowest BCUT2D eigenvalue weighted by Crippen LogP contribution is -2.48. The molecule has 2 unspecified atom stereocenters. The Hall–Kier alpha value is -2.55. The number of carbonyl (C=O) groups is 2. The van der Waals surface area contributed by atoms with Crippen molar-refractivity contribution in [1.29, 1.82) is 0 Å². The summed E-state index contributed by atoms with van der Waals surface area (Å²) in [6.45, 7) is 23.8. The summed E-state index contributed by atoms with van der Waals surface area (Å²) >= 11 is 1.32. The standard InChI is InChI=1S/C43H79N5O16S/c1-37(49)39-36-65-40(42(51)45-39)33-41(50)44-34-38-35-48(47-46-38)6-8-53-10-12-55-14-16-57-18-20-59-22-24-61-26-28-63-30-32-64-31-29-62-27-25-60-23-21-58-19-17-56-15-13-54-11-9-52-7-5-43(2,3)4/h35,39-40,49H,1,5-34,36H2,2-4H3,(H,44,50)(H,45,51). The molecule has 0 aliphatic carbocycles. The van der Waals surface area contributed by atoms with Crippen LogP contribution in [0.4, 0.5) is 0 Å². The van der Waals surface area contributed by atoms with Crippen LogP contribution >= 0.6 is 11.8 Å². The van der Waals surface area contributed by atoms with Gasteiger partial charge < -0.3 is 77.3 Å². The van der Waals surface area contributed by atoms with Crippen molar-refractivity contribution in [3.05, 3.63) is 24.2 Å². The van der Waals surface area contributed by atoms with Crippen molar-refractivity contribution in [2.24, 2.45) is 5.41 Å². The first kappa shape index (κ1) is 58.6. The van der Waals surface area contributed by atoms with Crippen LogP contribution in [0.1, 0.15) is 39.3 Å². The Labute approximate surface area is 389 Å². The van der Waals surface area contributed by atoms with Gasteiger partial charge in [0.25, 0.3) is 0 Å². The maximum atomic E-state index is 12.3. The summed E-state index contributed by atoms with van der Waals surface area (Å²) < 4.78 is 73.4. The van der Waals surface area contributed by atoms with E-state index < -0.39 is 11.3 Å². The number of aliphatic hydroxyl groups is 1. The van der Waals surface area contributed by atoms with Gasteiger partial charge in [-0.05, 0) is 11.8 Å². The number of hydrogen-bond acceptors (Lipinski definition) is 19. The van der Waals surface area contributed by atoms with Gasteiger partial charge in [0.05, 0.1) is 196 Å². The molecular formula is C43H79N5O16S. The summed E-state index contributed by atoms with van der Waals surface area (Å²) in [5, 5.41) is 22.5. The molecule has 65 heavy (non-hydrogen) atoms. The van der Waals surface area contributed by atoms with Crippen molar-refractivity contribution < 1.29 is 76.3 Å². The molecule has 1 aromatic rings. The second-order valence-electron chi connectivity index (χ2n) is 15.6. The highest BCUT2D eigenvalue weighted by molar-refractivity contribution is 8.00. The minimum atomic E-state index is -0.521. The summed E-state index contributed by atoms with van der Waals surface area (Å²) in [5.74, 6) is -0.197. The van der Waals surface area contributed by atoms with Crippen molar-refractivity contribution in [2.45, 2.75) is 58.0 Å². The van der Waals surface area contributed by atoms with Gasteiger partial charge in [-0.25, -0.2) is 4.68 Å². The number of aromatic nitrogens is 3. The third-order valence-electron chi connectivity index (χ3n) is 8.82. The number of nitrogens with one attached hydrogen (secondary N) is 2. The highest BCUT2D eigenvalue weighted by Crippen LogP contribution is 2.23. The lowest BCUT2D eigenvalue weighted by Gasteiger charge is -2.27. The molecule has 0 bridgehead atoms. The first-order chi connectivity index (χ1) is 31.6. The molecule has 1 saturated heterocycles. The van der Waals surface area contributed by atoms with Crippen molar-refractivity contribution >= 4 is 23.6 Å². The minimum absolute atomic E-state index is 0.0284. The van der Waals surface area contributed by atoms with E-state index in [1.54, 1.807) is 10.9 Å². The molecule has 3 N–H and O–H groups in total. The van der Waals surface area contributed by atoms with Gasteiger partial charge >= 0.3 is 0 Å². The number of hydrogen-bond donors (Lipinski definition) is 3. The number of thioether (sulfide) groups is 1. The summed E-state index contributed by atoms with van der Waals surface area (Å²) in [4.78, 5) is 24.5. The van der Waals surface area contributed by atoms with Gasteiger partial charge in [-0.15, -0.1) is 16.9 Å². The van der Waals surface area contributed by atoms with Crippen LogP contribution in [0.5, 0.6) is 0 Å². The van der Waals surface area contributed by atoms with E-state index in [1.165, 1.54) is 11.8 Å². The molecule has 0 saturated carbocycles. The monoisotopic (exact) mass is 954 g/mol. The number of aliphatic hydroxyl groups excluding tert-OH is 1. The van der Waals surface area contributed by atoms with Crippen LogP contribution in [0.15, 0.2) is 18.5 Å². The first-order valence-corrected chi connectivity index (χ1v) is 23.6. The van der Waals surface area contributed by atoms with E-state index in [1.807, 2.05) is 0 Å². The normalized spacial score (nSPS) is 15.4. The summed E-state index contributed by atoms with van der Waals surface area (Å²) in [6.07, 6.45) is 2.79. The second-order valence-corrected chi connectivity index (χ2v) is 16.8. The zero-order valence-corrected chi connectivity index (χ0v) is 40.0. The average Bonchev–Trinajstić information content (AvgIpc) is 3.74. The van der Waals surface area contributed by atoms with Gasteiger partial charge in [-0.1, -0.05) is 32.6 Å². The lowest BCUT2D eigenvalue weighted by atomic mass is 9.93. The van der Waals surface area contributed by atoms with Gasteiger partial charge in [0.2, 0.25) is 11.8 Å². The number of amides is 2. The number of nitrogens with zero attached hydrogens (tertiary/aromatic N) is 3. The van der Waals surface area contributed by atoms with E-state index in [9.17, 15) is 14.7 Å². The molecule has 0 radical (unpaired) electrons. The molecule has 2 atom stereocenters. The van der Waals surface area contributed by atoms with Gasteiger partial charge in [-0.3, -0.25) is 9.59 Å². The van der Waals surface area contributed by atoms with Gasteiger partial charge in [0.1, 0.15) is 11.5 Å². The SMILES string of the molecule is C=C(O)C1CSC(CC(=O)NCc2cn(CCOCCOCCOCCOCCOCCOCCOCCOCCOCCOCCOCCOCCOCCC(C)(C)C)nn2)C(=O)N1. The third kappa shape index (κ3) is 36.2. The second kappa shape index (κ2) is 40.5.